The van der Waals surface area contributed by atoms with E-state index in [2.05, 4.69) is 30.0 Å². The zero-order chi connectivity index (χ0) is 13.1. The van der Waals surface area contributed by atoms with Crippen molar-refractivity contribution < 1.29 is 0 Å². The first-order valence-electron chi connectivity index (χ1n) is 6.33. The molecule has 0 aromatic heterocycles. The van der Waals surface area contributed by atoms with Gasteiger partial charge in [-0.1, -0.05) is 0 Å². The SMILES string of the molecule is CN1CCC(N(C)c2ccc(N)cc2C#N)CC1. The summed E-state index contributed by atoms with van der Waals surface area (Å²) in [5.74, 6) is 0. The van der Waals surface area contributed by atoms with E-state index >= 15 is 0 Å². The van der Waals surface area contributed by atoms with Crippen LogP contribution in [0.15, 0.2) is 18.2 Å². The Labute approximate surface area is 109 Å². The minimum atomic E-state index is 0.511. The summed E-state index contributed by atoms with van der Waals surface area (Å²) in [7, 11) is 4.22. The summed E-state index contributed by atoms with van der Waals surface area (Å²) in [6.07, 6.45) is 2.28. The molecule has 4 heteroatoms. The molecule has 1 fully saturated rings. The van der Waals surface area contributed by atoms with Gasteiger partial charge in [0, 0.05) is 18.8 Å². The van der Waals surface area contributed by atoms with Gasteiger partial charge in [0.25, 0.3) is 0 Å². The Bertz CT molecular complexity index is 455. The van der Waals surface area contributed by atoms with Crippen LogP contribution in [0.4, 0.5) is 11.4 Å². The molecular formula is C14H20N4. The highest BCUT2D eigenvalue weighted by atomic mass is 15.2. The van der Waals surface area contributed by atoms with Gasteiger partial charge in [-0.15, -0.1) is 0 Å². The Morgan fingerprint density at radius 3 is 2.67 bits per heavy atom. The smallest absolute Gasteiger partial charge is 0.101 e. The number of nitrogens with zero attached hydrogens (tertiary/aromatic N) is 3. The molecule has 0 spiro atoms. The largest absolute Gasteiger partial charge is 0.399 e. The minimum Gasteiger partial charge on any atom is -0.399 e. The fourth-order valence-corrected chi connectivity index (χ4v) is 2.53. The lowest BCUT2D eigenvalue weighted by Gasteiger charge is -2.36. The zero-order valence-electron chi connectivity index (χ0n) is 11.1. The molecule has 18 heavy (non-hydrogen) atoms. The summed E-state index contributed by atoms with van der Waals surface area (Å²) in [6, 6.07) is 8.31. The van der Waals surface area contributed by atoms with Gasteiger partial charge in [0.15, 0.2) is 0 Å². The fraction of sp³-hybridized carbons (Fsp3) is 0.500. The van der Waals surface area contributed by atoms with Gasteiger partial charge in [-0.2, -0.15) is 5.26 Å². The lowest BCUT2D eigenvalue weighted by Crippen LogP contribution is -2.42. The number of hydrogen-bond acceptors (Lipinski definition) is 4. The molecule has 0 radical (unpaired) electrons. The molecular weight excluding hydrogens is 224 g/mol. The Hall–Kier alpha value is -1.73. The highest BCUT2D eigenvalue weighted by Gasteiger charge is 2.22. The van der Waals surface area contributed by atoms with Crippen LogP contribution >= 0.6 is 0 Å². The third-order valence-electron chi connectivity index (χ3n) is 3.76. The molecule has 0 atom stereocenters. The molecule has 0 unspecified atom stereocenters. The van der Waals surface area contributed by atoms with E-state index < -0.39 is 0 Å². The highest BCUT2D eigenvalue weighted by Crippen LogP contribution is 2.26. The van der Waals surface area contributed by atoms with E-state index in [4.69, 9.17) is 5.73 Å². The second-order valence-corrected chi connectivity index (χ2v) is 5.03. The van der Waals surface area contributed by atoms with E-state index in [1.165, 1.54) is 0 Å². The van der Waals surface area contributed by atoms with Gasteiger partial charge in [0.2, 0.25) is 0 Å². The fourth-order valence-electron chi connectivity index (χ4n) is 2.53. The molecule has 0 saturated carbocycles. The van der Waals surface area contributed by atoms with Gasteiger partial charge in [0.1, 0.15) is 6.07 Å². The number of piperidine rings is 1. The molecule has 4 nitrogen and oxygen atoms in total. The molecule has 1 saturated heterocycles. The summed E-state index contributed by atoms with van der Waals surface area (Å²) in [6.45, 7) is 2.23. The Morgan fingerprint density at radius 2 is 2.06 bits per heavy atom. The monoisotopic (exact) mass is 244 g/mol. The number of nitrogen functional groups attached to an aromatic ring is 1. The molecule has 1 heterocycles. The van der Waals surface area contributed by atoms with E-state index in [-0.39, 0.29) is 0 Å². The van der Waals surface area contributed by atoms with Gasteiger partial charge in [-0.05, 0) is 51.2 Å². The van der Waals surface area contributed by atoms with E-state index in [1.807, 2.05) is 12.1 Å². The third-order valence-corrected chi connectivity index (χ3v) is 3.76. The predicted octanol–water partition coefficient (Wildman–Crippen LogP) is 1.67. The normalized spacial score (nSPS) is 17.4. The summed E-state index contributed by atoms with van der Waals surface area (Å²) >= 11 is 0. The minimum absolute atomic E-state index is 0.511. The number of nitriles is 1. The van der Waals surface area contributed by atoms with Crippen molar-refractivity contribution >= 4 is 11.4 Å². The quantitative estimate of drug-likeness (QED) is 0.804. The lowest BCUT2D eigenvalue weighted by molar-refractivity contribution is 0.253. The van der Waals surface area contributed by atoms with Crippen LogP contribution in [0, 0.1) is 11.3 Å². The van der Waals surface area contributed by atoms with Gasteiger partial charge < -0.3 is 15.5 Å². The Kier molecular flexibility index (Phi) is 3.73. The maximum atomic E-state index is 9.19. The Morgan fingerprint density at radius 1 is 1.39 bits per heavy atom. The second kappa shape index (κ2) is 5.28. The van der Waals surface area contributed by atoms with Crippen LogP contribution in [0.5, 0.6) is 0 Å². The summed E-state index contributed by atoms with van der Waals surface area (Å²) in [5.41, 5.74) is 8.02. The topological polar surface area (TPSA) is 56.3 Å². The third kappa shape index (κ3) is 2.57. The molecule has 0 amide bonds. The molecule has 1 aliphatic heterocycles. The molecule has 1 aromatic rings. The van der Waals surface area contributed by atoms with Crippen molar-refractivity contribution in [3.63, 3.8) is 0 Å². The first-order chi connectivity index (χ1) is 8.61. The van der Waals surface area contributed by atoms with Gasteiger partial charge in [-0.25, -0.2) is 0 Å². The van der Waals surface area contributed by atoms with Crippen molar-refractivity contribution in [2.24, 2.45) is 0 Å². The molecule has 2 N–H and O–H groups in total. The number of nitrogens with two attached hydrogens (primary N) is 1. The van der Waals surface area contributed by atoms with Crippen LogP contribution in [-0.4, -0.2) is 38.1 Å². The van der Waals surface area contributed by atoms with E-state index in [0.29, 0.717) is 17.3 Å². The first-order valence-corrected chi connectivity index (χ1v) is 6.33. The second-order valence-electron chi connectivity index (χ2n) is 5.03. The number of likely N-dealkylation sites (tertiary alicyclic amines) is 1. The summed E-state index contributed by atoms with van der Waals surface area (Å²) in [5, 5.41) is 9.19. The van der Waals surface area contributed by atoms with Gasteiger partial charge in [-0.3, -0.25) is 0 Å². The van der Waals surface area contributed by atoms with Gasteiger partial charge >= 0.3 is 0 Å². The first kappa shape index (κ1) is 12.7. The van der Waals surface area contributed by atoms with Crippen LogP contribution in [0.3, 0.4) is 0 Å². The zero-order valence-corrected chi connectivity index (χ0v) is 11.1. The average Bonchev–Trinajstić information content (AvgIpc) is 2.38. The Balaban J connectivity index is 2.18. The molecule has 1 aliphatic rings. The van der Waals surface area contributed by atoms with Crippen molar-refractivity contribution in [1.29, 1.82) is 5.26 Å². The van der Waals surface area contributed by atoms with Crippen molar-refractivity contribution in [1.82, 2.24) is 4.90 Å². The van der Waals surface area contributed by atoms with E-state index in [9.17, 15) is 5.26 Å². The molecule has 1 aromatic carbocycles. The number of anilines is 2. The van der Waals surface area contributed by atoms with Crippen LogP contribution in [0.1, 0.15) is 18.4 Å². The van der Waals surface area contributed by atoms with Crippen LogP contribution in [-0.2, 0) is 0 Å². The predicted molar refractivity (Wildman–Crippen MR) is 74.5 cm³/mol. The summed E-state index contributed by atoms with van der Waals surface area (Å²) < 4.78 is 0. The number of rotatable bonds is 2. The van der Waals surface area contributed by atoms with Crippen molar-refractivity contribution in [3.8, 4) is 6.07 Å². The van der Waals surface area contributed by atoms with Crippen molar-refractivity contribution in [2.75, 3.05) is 37.8 Å². The van der Waals surface area contributed by atoms with Crippen molar-refractivity contribution in [3.05, 3.63) is 23.8 Å². The molecule has 2 rings (SSSR count). The van der Waals surface area contributed by atoms with Crippen LogP contribution in [0.2, 0.25) is 0 Å². The standard InChI is InChI=1S/C14H20N4/c1-17-7-5-13(6-8-17)18(2)14-4-3-12(16)9-11(14)10-15/h3-4,9,13H,5-8,16H2,1-2H3. The van der Waals surface area contributed by atoms with Crippen molar-refractivity contribution in [2.45, 2.75) is 18.9 Å². The highest BCUT2D eigenvalue weighted by molar-refractivity contribution is 5.64. The molecule has 0 aliphatic carbocycles. The molecule has 0 bridgehead atoms. The maximum Gasteiger partial charge on any atom is 0.101 e. The van der Waals surface area contributed by atoms with Gasteiger partial charge in [0.05, 0.1) is 11.3 Å². The maximum absolute atomic E-state index is 9.19. The summed E-state index contributed by atoms with van der Waals surface area (Å²) in [4.78, 5) is 4.57. The van der Waals surface area contributed by atoms with Crippen LogP contribution < -0.4 is 10.6 Å². The average molecular weight is 244 g/mol. The number of benzene rings is 1. The van der Waals surface area contributed by atoms with E-state index in [1.54, 1.807) is 6.07 Å². The molecule has 96 valence electrons. The van der Waals surface area contributed by atoms with Crippen LogP contribution in [0.25, 0.3) is 0 Å². The lowest BCUT2D eigenvalue weighted by atomic mass is 10.0. The number of hydrogen-bond donors (Lipinski definition) is 1. The van der Waals surface area contributed by atoms with E-state index in [0.717, 1.165) is 31.6 Å².